The number of hydrogen-bond donors (Lipinski definition) is 1. The van der Waals surface area contributed by atoms with Crippen LogP contribution < -0.4 is 10.2 Å². The lowest BCUT2D eigenvalue weighted by Crippen LogP contribution is -2.27. The Morgan fingerprint density at radius 2 is 1.96 bits per heavy atom. The molecule has 0 bridgehead atoms. The molecule has 0 radical (unpaired) electrons. The van der Waals surface area contributed by atoms with E-state index in [1.807, 2.05) is 62.4 Å². The number of benzene rings is 2. The van der Waals surface area contributed by atoms with Gasteiger partial charge in [0, 0.05) is 4.90 Å². The van der Waals surface area contributed by atoms with E-state index in [0.29, 0.717) is 0 Å². The fraction of sp³-hybridized carbons (Fsp3) is 0.222. The van der Waals surface area contributed by atoms with Crippen molar-refractivity contribution < 1.29 is 9.53 Å². The SMILES string of the molecule is COc1ccc(/C(C)=N\NC(=O)[C@H](C)Sc2ccccc2)cc1Br. The first-order valence-corrected chi connectivity index (χ1v) is 9.08. The summed E-state index contributed by atoms with van der Waals surface area (Å²) in [7, 11) is 1.62. The van der Waals surface area contributed by atoms with Gasteiger partial charge in [-0.1, -0.05) is 18.2 Å². The topological polar surface area (TPSA) is 50.7 Å². The van der Waals surface area contributed by atoms with Crippen molar-refractivity contribution in [2.75, 3.05) is 7.11 Å². The number of methoxy groups -OCH3 is 1. The second kappa shape index (κ2) is 8.89. The van der Waals surface area contributed by atoms with Crippen LogP contribution >= 0.6 is 27.7 Å². The van der Waals surface area contributed by atoms with E-state index >= 15 is 0 Å². The van der Waals surface area contributed by atoms with Gasteiger partial charge in [0.05, 0.1) is 22.5 Å². The first kappa shape index (κ1) is 18.5. The summed E-state index contributed by atoms with van der Waals surface area (Å²) in [5.74, 6) is 0.624. The van der Waals surface area contributed by atoms with Gasteiger partial charge in [0.2, 0.25) is 0 Å². The summed E-state index contributed by atoms with van der Waals surface area (Å²) in [6, 6.07) is 15.5. The van der Waals surface area contributed by atoms with Gasteiger partial charge in [-0.3, -0.25) is 4.79 Å². The van der Waals surface area contributed by atoms with Crippen molar-refractivity contribution in [1.82, 2.24) is 5.43 Å². The van der Waals surface area contributed by atoms with Crippen molar-refractivity contribution in [2.24, 2.45) is 5.10 Å². The minimum absolute atomic E-state index is 0.129. The number of nitrogens with one attached hydrogen (secondary N) is 1. The molecule has 1 amide bonds. The zero-order valence-electron chi connectivity index (χ0n) is 13.7. The Morgan fingerprint density at radius 3 is 2.58 bits per heavy atom. The summed E-state index contributed by atoms with van der Waals surface area (Å²) in [4.78, 5) is 13.2. The first-order chi connectivity index (χ1) is 11.5. The lowest BCUT2D eigenvalue weighted by atomic mass is 10.1. The molecule has 0 saturated heterocycles. The highest BCUT2D eigenvalue weighted by Crippen LogP contribution is 2.26. The smallest absolute Gasteiger partial charge is 0.253 e. The van der Waals surface area contributed by atoms with E-state index in [0.717, 1.165) is 26.4 Å². The third kappa shape index (κ3) is 5.11. The van der Waals surface area contributed by atoms with Gasteiger partial charge in [-0.25, -0.2) is 5.43 Å². The van der Waals surface area contributed by atoms with Crippen LogP contribution in [0.1, 0.15) is 19.4 Å². The molecule has 1 atom stereocenters. The predicted molar refractivity (Wildman–Crippen MR) is 103 cm³/mol. The van der Waals surface area contributed by atoms with Gasteiger partial charge >= 0.3 is 0 Å². The highest BCUT2D eigenvalue weighted by Gasteiger charge is 2.14. The van der Waals surface area contributed by atoms with Gasteiger partial charge in [-0.2, -0.15) is 5.10 Å². The van der Waals surface area contributed by atoms with Crippen molar-refractivity contribution in [3.63, 3.8) is 0 Å². The van der Waals surface area contributed by atoms with Crippen LogP contribution in [0.2, 0.25) is 0 Å². The van der Waals surface area contributed by atoms with Gasteiger partial charge in [-0.15, -0.1) is 11.8 Å². The van der Waals surface area contributed by atoms with Crippen molar-refractivity contribution in [3.8, 4) is 5.75 Å². The largest absolute Gasteiger partial charge is 0.496 e. The molecule has 0 heterocycles. The number of carbonyl (C=O) groups excluding carboxylic acids is 1. The molecule has 126 valence electrons. The quantitative estimate of drug-likeness (QED) is 0.437. The van der Waals surface area contributed by atoms with Crippen LogP contribution in [0.15, 0.2) is 63.0 Å². The number of hydrazone groups is 1. The molecule has 4 nitrogen and oxygen atoms in total. The molecular weight excluding hydrogens is 388 g/mol. The zero-order chi connectivity index (χ0) is 17.5. The summed E-state index contributed by atoms with van der Waals surface area (Å²) in [5, 5.41) is 3.97. The lowest BCUT2D eigenvalue weighted by molar-refractivity contribution is -0.120. The van der Waals surface area contributed by atoms with E-state index in [1.54, 1.807) is 7.11 Å². The van der Waals surface area contributed by atoms with E-state index in [2.05, 4.69) is 26.5 Å². The maximum atomic E-state index is 12.2. The van der Waals surface area contributed by atoms with Crippen LogP contribution in [0.3, 0.4) is 0 Å². The van der Waals surface area contributed by atoms with Gasteiger partial charge in [0.15, 0.2) is 0 Å². The molecule has 2 rings (SSSR count). The average Bonchev–Trinajstić information content (AvgIpc) is 2.60. The number of nitrogens with zero attached hydrogens (tertiary/aromatic N) is 1. The van der Waals surface area contributed by atoms with E-state index in [4.69, 9.17) is 4.74 Å². The van der Waals surface area contributed by atoms with Crippen LogP contribution in [-0.4, -0.2) is 24.0 Å². The third-order valence-corrected chi connectivity index (χ3v) is 5.06. The van der Waals surface area contributed by atoms with Crippen molar-refractivity contribution in [2.45, 2.75) is 24.0 Å². The molecule has 1 N–H and O–H groups in total. The number of carbonyl (C=O) groups is 1. The average molecular weight is 407 g/mol. The number of ether oxygens (including phenoxy) is 1. The molecule has 24 heavy (non-hydrogen) atoms. The van der Waals surface area contributed by atoms with E-state index in [9.17, 15) is 4.79 Å². The van der Waals surface area contributed by atoms with Crippen LogP contribution in [0.25, 0.3) is 0 Å². The highest BCUT2D eigenvalue weighted by molar-refractivity contribution is 9.10. The molecule has 2 aromatic carbocycles. The molecule has 0 unspecified atom stereocenters. The Hall–Kier alpha value is -1.79. The van der Waals surface area contributed by atoms with E-state index < -0.39 is 0 Å². The van der Waals surface area contributed by atoms with Gasteiger partial charge in [0.25, 0.3) is 5.91 Å². The van der Waals surface area contributed by atoms with Crippen molar-refractivity contribution in [3.05, 3.63) is 58.6 Å². The number of thioether (sulfide) groups is 1. The van der Waals surface area contributed by atoms with E-state index in [-0.39, 0.29) is 11.2 Å². The lowest BCUT2D eigenvalue weighted by Gasteiger charge is -2.10. The van der Waals surface area contributed by atoms with Crippen LogP contribution in [0, 0.1) is 0 Å². The first-order valence-electron chi connectivity index (χ1n) is 7.41. The Bertz CT molecular complexity index is 735. The van der Waals surface area contributed by atoms with Gasteiger partial charge < -0.3 is 4.74 Å². The fourth-order valence-corrected chi connectivity index (χ4v) is 3.37. The minimum atomic E-state index is -0.230. The second-order valence-electron chi connectivity index (χ2n) is 5.10. The maximum absolute atomic E-state index is 12.2. The number of rotatable bonds is 6. The Balaban J connectivity index is 1.98. The normalized spacial score (nSPS) is 12.6. The second-order valence-corrected chi connectivity index (χ2v) is 7.36. The highest BCUT2D eigenvalue weighted by atomic mass is 79.9. The molecule has 0 aromatic heterocycles. The molecule has 6 heteroatoms. The molecular formula is C18H19BrN2O2S. The van der Waals surface area contributed by atoms with Crippen LogP contribution in [0.5, 0.6) is 5.75 Å². The van der Waals surface area contributed by atoms with Crippen LogP contribution in [0.4, 0.5) is 0 Å². The molecule has 0 aliphatic rings. The summed E-state index contributed by atoms with van der Waals surface area (Å²) in [5.41, 5.74) is 4.26. The minimum Gasteiger partial charge on any atom is -0.496 e. The Labute approximate surface area is 154 Å². The molecule has 0 spiro atoms. The summed E-state index contributed by atoms with van der Waals surface area (Å²) >= 11 is 4.95. The third-order valence-electron chi connectivity index (χ3n) is 3.33. The molecule has 0 saturated carbocycles. The number of amides is 1. The molecule has 0 aliphatic heterocycles. The molecule has 0 aliphatic carbocycles. The monoisotopic (exact) mass is 406 g/mol. The molecule has 0 fully saturated rings. The molecule has 2 aromatic rings. The van der Waals surface area contributed by atoms with Gasteiger partial charge in [0.1, 0.15) is 5.75 Å². The predicted octanol–water partition coefficient (Wildman–Crippen LogP) is 4.48. The summed E-state index contributed by atoms with van der Waals surface area (Å²) in [6.07, 6.45) is 0. The summed E-state index contributed by atoms with van der Waals surface area (Å²) in [6.45, 7) is 3.71. The summed E-state index contributed by atoms with van der Waals surface area (Å²) < 4.78 is 6.05. The maximum Gasteiger partial charge on any atom is 0.253 e. The zero-order valence-corrected chi connectivity index (χ0v) is 16.1. The number of hydrogen-bond acceptors (Lipinski definition) is 4. The van der Waals surface area contributed by atoms with Gasteiger partial charge in [-0.05, 0) is 65.7 Å². The Morgan fingerprint density at radius 1 is 1.25 bits per heavy atom. The van der Waals surface area contributed by atoms with Crippen molar-refractivity contribution >= 4 is 39.3 Å². The fourth-order valence-electron chi connectivity index (χ4n) is 1.94. The van der Waals surface area contributed by atoms with Crippen LogP contribution in [-0.2, 0) is 4.79 Å². The standard InChI is InChI=1S/C18H19BrN2O2S/c1-12(14-9-10-17(23-3)16(19)11-14)20-21-18(22)13(2)24-15-7-5-4-6-8-15/h4-11,13H,1-3H3,(H,21,22)/b20-12-/t13-/m0/s1. The number of halogens is 1. The Kier molecular flexibility index (Phi) is 6.87. The van der Waals surface area contributed by atoms with Crippen molar-refractivity contribution in [1.29, 1.82) is 0 Å². The van der Waals surface area contributed by atoms with E-state index in [1.165, 1.54) is 11.8 Å².